The van der Waals surface area contributed by atoms with E-state index in [1.54, 1.807) is 11.8 Å². The first-order valence-electron chi connectivity index (χ1n) is 5.02. The lowest BCUT2D eigenvalue weighted by atomic mass is 10.1. The van der Waals surface area contributed by atoms with Crippen LogP contribution >= 0.6 is 11.8 Å². The molecule has 1 aromatic carbocycles. The van der Waals surface area contributed by atoms with Gasteiger partial charge in [-0.25, -0.2) is 8.42 Å². The Kier molecular flexibility index (Phi) is 4.83. The monoisotopic (exact) mass is 259 g/mol. The van der Waals surface area contributed by atoms with E-state index in [4.69, 9.17) is 5.73 Å². The Hall–Kier alpha value is -0.520. The van der Waals surface area contributed by atoms with E-state index in [0.29, 0.717) is 12.3 Å². The zero-order valence-electron chi connectivity index (χ0n) is 9.56. The van der Waals surface area contributed by atoms with Gasteiger partial charge in [-0.05, 0) is 30.2 Å². The quantitative estimate of drug-likeness (QED) is 0.816. The molecule has 0 fully saturated rings. The third-order valence-electron chi connectivity index (χ3n) is 2.26. The summed E-state index contributed by atoms with van der Waals surface area (Å²) in [5.41, 5.74) is 7.86. The van der Waals surface area contributed by atoms with Gasteiger partial charge in [-0.15, -0.1) is 11.8 Å². The average Bonchev–Trinajstić information content (AvgIpc) is 2.16. The Labute approximate surface area is 101 Å². The van der Waals surface area contributed by atoms with Crippen molar-refractivity contribution >= 4 is 21.6 Å². The van der Waals surface area contributed by atoms with Gasteiger partial charge in [0.25, 0.3) is 0 Å². The van der Waals surface area contributed by atoms with E-state index in [-0.39, 0.29) is 5.75 Å². The molecule has 0 amide bonds. The van der Waals surface area contributed by atoms with Crippen molar-refractivity contribution in [3.05, 3.63) is 29.3 Å². The molecular weight excluding hydrogens is 242 g/mol. The van der Waals surface area contributed by atoms with Gasteiger partial charge in [0.05, 0.1) is 5.75 Å². The molecule has 1 aromatic rings. The highest BCUT2D eigenvalue weighted by Gasteiger charge is 2.03. The predicted molar refractivity (Wildman–Crippen MR) is 69.5 cm³/mol. The van der Waals surface area contributed by atoms with Crippen molar-refractivity contribution in [2.75, 3.05) is 17.8 Å². The lowest BCUT2D eigenvalue weighted by Gasteiger charge is -2.06. The highest BCUT2D eigenvalue weighted by molar-refractivity contribution is 8.00. The van der Waals surface area contributed by atoms with Gasteiger partial charge in [0.2, 0.25) is 0 Å². The van der Waals surface area contributed by atoms with Gasteiger partial charge in [-0.1, -0.05) is 6.07 Å². The van der Waals surface area contributed by atoms with Crippen LogP contribution in [0.1, 0.15) is 11.1 Å². The Morgan fingerprint density at radius 2 is 2.06 bits per heavy atom. The fourth-order valence-corrected chi connectivity index (χ4v) is 3.50. The third kappa shape index (κ3) is 4.55. The summed E-state index contributed by atoms with van der Waals surface area (Å²) < 4.78 is 21.9. The molecule has 0 heterocycles. The molecule has 1 rings (SSSR count). The summed E-state index contributed by atoms with van der Waals surface area (Å²) in [5.74, 6) is 0.815. The molecule has 0 aliphatic carbocycles. The van der Waals surface area contributed by atoms with Crippen molar-refractivity contribution in [2.24, 2.45) is 5.73 Å². The Morgan fingerprint density at radius 1 is 1.38 bits per heavy atom. The van der Waals surface area contributed by atoms with Crippen LogP contribution in [0.25, 0.3) is 0 Å². The maximum atomic E-state index is 11.0. The minimum absolute atomic E-state index is 0.218. The SMILES string of the molecule is Cc1cc(SCCS(C)(=O)=O)ccc1CN. The molecule has 16 heavy (non-hydrogen) atoms. The third-order valence-corrected chi connectivity index (χ3v) is 4.46. The van der Waals surface area contributed by atoms with Crippen LogP contribution in [0, 0.1) is 6.92 Å². The van der Waals surface area contributed by atoms with E-state index in [9.17, 15) is 8.42 Å². The molecular formula is C11H17NO2S2. The van der Waals surface area contributed by atoms with E-state index >= 15 is 0 Å². The first-order chi connectivity index (χ1) is 7.42. The molecule has 0 saturated carbocycles. The van der Waals surface area contributed by atoms with E-state index in [2.05, 4.69) is 6.07 Å². The second-order valence-corrected chi connectivity index (χ2v) is 7.20. The number of hydrogen-bond donors (Lipinski definition) is 1. The van der Waals surface area contributed by atoms with Crippen LogP contribution in [0.2, 0.25) is 0 Å². The van der Waals surface area contributed by atoms with Gasteiger partial charge < -0.3 is 5.73 Å². The normalized spacial score (nSPS) is 11.7. The van der Waals surface area contributed by atoms with Crippen molar-refractivity contribution in [2.45, 2.75) is 18.4 Å². The largest absolute Gasteiger partial charge is 0.326 e. The molecule has 0 unspecified atom stereocenters. The molecule has 2 N–H and O–H groups in total. The second kappa shape index (κ2) is 5.70. The van der Waals surface area contributed by atoms with Gasteiger partial charge in [-0.3, -0.25) is 0 Å². The number of nitrogens with two attached hydrogens (primary N) is 1. The maximum absolute atomic E-state index is 11.0. The summed E-state index contributed by atoms with van der Waals surface area (Å²) in [6.45, 7) is 2.56. The molecule has 0 atom stereocenters. The van der Waals surface area contributed by atoms with Crippen LogP contribution in [0.15, 0.2) is 23.1 Å². The van der Waals surface area contributed by atoms with Crippen LogP contribution in [0.3, 0.4) is 0 Å². The molecule has 3 nitrogen and oxygen atoms in total. The molecule has 90 valence electrons. The fraction of sp³-hybridized carbons (Fsp3) is 0.455. The molecule has 5 heteroatoms. The van der Waals surface area contributed by atoms with Gasteiger partial charge in [0, 0.05) is 23.4 Å². The Morgan fingerprint density at radius 3 is 2.56 bits per heavy atom. The fourth-order valence-electron chi connectivity index (χ4n) is 1.30. The zero-order chi connectivity index (χ0) is 12.2. The van der Waals surface area contributed by atoms with Crippen molar-refractivity contribution in [1.82, 2.24) is 0 Å². The van der Waals surface area contributed by atoms with Crippen molar-refractivity contribution in [3.63, 3.8) is 0 Å². The molecule has 0 saturated heterocycles. The molecule has 0 radical (unpaired) electrons. The number of thioether (sulfide) groups is 1. The van der Waals surface area contributed by atoms with Crippen LogP contribution in [-0.2, 0) is 16.4 Å². The highest BCUT2D eigenvalue weighted by atomic mass is 32.2. The van der Waals surface area contributed by atoms with Gasteiger partial charge in [-0.2, -0.15) is 0 Å². The van der Waals surface area contributed by atoms with Gasteiger partial charge in [0.1, 0.15) is 9.84 Å². The van der Waals surface area contributed by atoms with E-state index in [1.165, 1.54) is 6.26 Å². The first-order valence-corrected chi connectivity index (χ1v) is 8.07. The Balaban J connectivity index is 2.59. The number of rotatable bonds is 5. The highest BCUT2D eigenvalue weighted by Crippen LogP contribution is 2.21. The standard InChI is InChI=1S/C11H17NO2S2/c1-9-7-11(4-3-10(9)8-12)15-5-6-16(2,13)14/h3-4,7H,5-6,8,12H2,1-2H3. The minimum Gasteiger partial charge on any atom is -0.326 e. The molecule has 0 spiro atoms. The summed E-state index contributed by atoms with van der Waals surface area (Å²) >= 11 is 1.56. The summed E-state index contributed by atoms with van der Waals surface area (Å²) in [7, 11) is -2.86. The number of benzene rings is 1. The maximum Gasteiger partial charge on any atom is 0.148 e. The van der Waals surface area contributed by atoms with Crippen molar-refractivity contribution in [3.8, 4) is 0 Å². The van der Waals surface area contributed by atoms with Crippen LogP contribution in [0.4, 0.5) is 0 Å². The van der Waals surface area contributed by atoms with E-state index in [1.807, 2.05) is 19.1 Å². The lowest BCUT2D eigenvalue weighted by Crippen LogP contribution is -2.05. The summed E-state index contributed by atoms with van der Waals surface area (Å²) in [6.07, 6.45) is 1.26. The summed E-state index contributed by atoms with van der Waals surface area (Å²) in [6, 6.07) is 6.04. The van der Waals surface area contributed by atoms with Crippen LogP contribution in [-0.4, -0.2) is 26.2 Å². The van der Waals surface area contributed by atoms with Crippen molar-refractivity contribution < 1.29 is 8.42 Å². The molecule has 0 bridgehead atoms. The van der Waals surface area contributed by atoms with E-state index in [0.717, 1.165) is 16.0 Å². The van der Waals surface area contributed by atoms with Crippen LogP contribution in [0.5, 0.6) is 0 Å². The Bertz CT molecular complexity index is 455. The average molecular weight is 259 g/mol. The lowest BCUT2D eigenvalue weighted by molar-refractivity contribution is 0.603. The van der Waals surface area contributed by atoms with Crippen LogP contribution < -0.4 is 5.73 Å². The van der Waals surface area contributed by atoms with Gasteiger partial charge in [0.15, 0.2) is 0 Å². The number of hydrogen-bond acceptors (Lipinski definition) is 4. The smallest absolute Gasteiger partial charge is 0.148 e. The summed E-state index contributed by atoms with van der Waals surface area (Å²) in [4.78, 5) is 1.10. The summed E-state index contributed by atoms with van der Waals surface area (Å²) in [5, 5.41) is 0. The molecule has 0 aliphatic rings. The second-order valence-electron chi connectivity index (χ2n) is 3.77. The number of sulfone groups is 1. The predicted octanol–water partition coefficient (Wildman–Crippen LogP) is 1.59. The van der Waals surface area contributed by atoms with Gasteiger partial charge >= 0.3 is 0 Å². The van der Waals surface area contributed by atoms with E-state index < -0.39 is 9.84 Å². The van der Waals surface area contributed by atoms with Crippen molar-refractivity contribution in [1.29, 1.82) is 0 Å². The molecule has 0 aromatic heterocycles. The molecule has 0 aliphatic heterocycles. The number of aryl methyl sites for hydroxylation is 1. The topological polar surface area (TPSA) is 60.2 Å². The first kappa shape index (κ1) is 13.5. The zero-order valence-corrected chi connectivity index (χ0v) is 11.2. The minimum atomic E-state index is -2.86.